The van der Waals surface area contributed by atoms with Gasteiger partial charge in [0, 0.05) is 30.1 Å². The highest BCUT2D eigenvalue weighted by Crippen LogP contribution is 2.29. The lowest BCUT2D eigenvalue weighted by Crippen LogP contribution is -2.09. The summed E-state index contributed by atoms with van der Waals surface area (Å²) in [6, 6.07) is 16.4. The van der Waals surface area contributed by atoms with Gasteiger partial charge in [-0.25, -0.2) is 9.59 Å². The Hall–Kier alpha value is -4.20. The minimum atomic E-state index is -0.734. The zero-order valence-corrected chi connectivity index (χ0v) is 15.9. The summed E-state index contributed by atoms with van der Waals surface area (Å²) in [6.07, 6.45) is 0. The predicted octanol–water partition coefficient (Wildman–Crippen LogP) is 4.25. The second kappa shape index (κ2) is 7.67. The van der Waals surface area contributed by atoms with Crippen LogP contribution < -0.4 is 10.9 Å². The van der Waals surface area contributed by atoms with Crippen molar-refractivity contribution in [2.24, 2.45) is 0 Å². The Kier molecular flexibility index (Phi) is 4.89. The summed E-state index contributed by atoms with van der Waals surface area (Å²) in [5.74, 6) is -0.734. The third kappa shape index (κ3) is 3.46. The van der Waals surface area contributed by atoms with E-state index in [2.05, 4.69) is 5.32 Å². The maximum Gasteiger partial charge on any atom is 0.338 e. The Balaban J connectivity index is 1.69. The number of nitro benzene ring substituents is 1. The number of nitro groups is 1. The fourth-order valence-corrected chi connectivity index (χ4v) is 3.38. The van der Waals surface area contributed by atoms with Crippen LogP contribution in [0.15, 0.2) is 69.9 Å². The van der Waals surface area contributed by atoms with Crippen LogP contribution in [0.25, 0.3) is 21.7 Å². The Morgan fingerprint density at radius 2 is 1.93 bits per heavy atom. The number of ether oxygens (including phenoxy) is 1. The second-order valence-corrected chi connectivity index (χ2v) is 6.57. The Morgan fingerprint density at radius 3 is 2.70 bits per heavy atom. The van der Waals surface area contributed by atoms with E-state index in [1.807, 2.05) is 30.3 Å². The first-order valence-corrected chi connectivity index (χ1v) is 9.06. The van der Waals surface area contributed by atoms with Gasteiger partial charge in [0.1, 0.15) is 17.9 Å². The van der Waals surface area contributed by atoms with Gasteiger partial charge in [-0.05, 0) is 29.0 Å². The molecule has 0 amide bonds. The zero-order chi connectivity index (χ0) is 21.3. The average molecular weight is 404 g/mol. The highest BCUT2D eigenvalue weighted by molar-refractivity contribution is 6.07. The lowest BCUT2D eigenvalue weighted by atomic mass is 10.0. The third-order valence-corrected chi connectivity index (χ3v) is 4.77. The first-order chi connectivity index (χ1) is 14.5. The molecule has 0 bridgehead atoms. The van der Waals surface area contributed by atoms with Crippen LogP contribution in [0.1, 0.15) is 15.9 Å². The zero-order valence-electron chi connectivity index (χ0n) is 15.9. The molecular weight excluding hydrogens is 388 g/mol. The molecule has 8 heteroatoms. The van der Waals surface area contributed by atoms with Crippen molar-refractivity contribution in [3.8, 4) is 0 Å². The molecule has 0 saturated carbocycles. The SMILES string of the molecule is CNc1ccc(C(=O)OCc2cc(=O)oc3ccc4ccccc4c23)cc1[N+](=O)[O-]. The number of nitrogens with zero attached hydrogens (tertiary/aromatic N) is 1. The summed E-state index contributed by atoms with van der Waals surface area (Å²) < 4.78 is 10.7. The molecule has 0 aliphatic heterocycles. The molecule has 0 saturated heterocycles. The Labute approximate surface area is 169 Å². The van der Waals surface area contributed by atoms with Crippen LogP contribution in [-0.2, 0) is 11.3 Å². The molecule has 150 valence electrons. The fourth-order valence-electron chi connectivity index (χ4n) is 3.38. The molecular formula is C22H16N2O6. The van der Waals surface area contributed by atoms with Crippen LogP contribution >= 0.6 is 0 Å². The molecule has 0 unspecified atom stereocenters. The lowest BCUT2D eigenvalue weighted by molar-refractivity contribution is -0.384. The van der Waals surface area contributed by atoms with Crippen molar-refractivity contribution in [2.75, 3.05) is 12.4 Å². The highest BCUT2D eigenvalue weighted by atomic mass is 16.6. The fraction of sp³-hybridized carbons (Fsp3) is 0.0909. The van der Waals surface area contributed by atoms with Gasteiger partial charge in [0.25, 0.3) is 5.69 Å². The largest absolute Gasteiger partial charge is 0.457 e. The Bertz CT molecular complexity index is 1360. The second-order valence-electron chi connectivity index (χ2n) is 6.57. The molecule has 0 fully saturated rings. The molecule has 4 rings (SSSR count). The monoisotopic (exact) mass is 404 g/mol. The normalized spacial score (nSPS) is 10.8. The van der Waals surface area contributed by atoms with E-state index in [1.165, 1.54) is 18.2 Å². The first kappa shape index (κ1) is 19.1. The van der Waals surface area contributed by atoms with E-state index in [4.69, 9.17) is 9.15 Å². The maximum atomic E-state index is 12.5. The summed E-state index contributed by atoms with van der Waals surface area (Å²) in [5.41, 5.74) is 0.420. The van der Waals surface area contributed by atoms with Gasteiger partial charge < -0.3 is 14.5 Å². The van der Waals surface area contributed by atoms with Crippen LogP contribution in [0, 0.1) is 10.1 Å². The molecule has 0 spiro atoms. The lowest BCUT2D eigenvalue weighted by Gasteiger charge is -2.10. The minimum absolute atomic E-state index is 0.0397. The molecule has 0 radical (unpaired) electrons. The molecule has 0 aliphatic carbocycles. The number of nitrogens with one attached hydrogen (secondary N) is 1. The van der Waals surface area contributed by atoms with E-state index in [1.54, 1.807) is 13.1 Å². The van der Waals surface area contributed by atoms with E-state index in [0.29, 0.717) is 16.5 Å². The Morgan fingerprint density at radius 1 is 1.13 bits per heavy atom. The molecule has 1 heterocycles. The number of benzene rings is 3. The molecule has 1 aromatic heterocycles. The van der Waals surface area contributed by atoms with Gasteiger partial charge in [0.15, 0.2) is 0 Å². The van der Waals surface area contributed by atoms with Crippen LogP contribution in [0.3, 0.4) is 0 Å². The number of fused-ring (bicyclic) bond motifs is 3. The topological polar surface area (TPSA) is 112 Å². The van der Waals surface area contributed by atoms with Crippen LogP contribution in [-0.4, -0.2) is 17.9 Å². The van der Waals surface area contributed by atoms with E-state index in [0.717, 1.165) is 16.8 Å². The van der Waals surface area contributed by atoms with Gasteiger partial charge in [-0.2, -0.15) is 0 Å². The van der Waals surface area contributed by atoms with Crippen molar-refractivity contribution >= 4 is 39.1 Å². The number of hydrogen-bond donors (Lipinski definition) is 1. The predicted molar refractivity (Wildman–Crippen MR) is 112 cm³/mol. The smallest absolute Gasteiger partial charge is 0.338 e. The summed E-state index contributed by atoms with van der Waals surface area (Å²) >= 11 is 0. The van der Waals surface area contributed by atoms with Crippen LogP contribution in [0.4, 0.5) is 11.4 Å². The van der Waals surface area contributed by atoms with E-state index >= 15 is 0 Å². The molecule has 1 N–H and O–H groups in total. The molecule has 3 aromatic carbocycles. The van der Waals surface area contributed by atoms with E-state index in [9.17, 15) is 19.7 Å². The van der Waals surface area contributed by atoms with Crippen molar-refractivity contribution < 1.29 is 18.9 Å². The van der Waals surface area contributed by atoms with Gasteiger partial charge >= 0.3 is 11.6 Å². The first-order valence-electron chi connectivity index (χ1n) is 9.06. The van der Waals surface area contributed by atoms with Gasteiger partial charge in [-0.1, -0.05) is 30.3 Å². The number of carbonyl (C=O) groups excluding carboxylic acids is 1. The van der Waals surface area contributed by atoms with Crippen LogP contribution in [0.2, 0.25) is 0 Å². The quantitative estimate of drug-likeness (QED) is 0.174. The number of carbonyl (C=O) groups is 1. The third-order valence-electron chi connectivity index (χ3n) is 4.77. The highest BCUT2D eigenvalue weighted by Gasteiger charge is 2.18. The van der Waals surface area contributed by atoms with Gasteiger partial charge in [-0.3, -0.25) is 10.1 Å². The van der Waals surface area contributed by atoms with Gasteiger partial charge in [-0.15, -0.1) is 0 Å². The number of rotatable bonds is 5. The van der Waals surface area contributed by atoms with Crippen molar-refractivity contribution in [3.05, 3.63) is 92.3 Å². The number of anilines is 1. The van der Waals surface area contributed by atoms with Gasteiger partial charge in [0.05, 0.1) is 10.5 Å². The molecule has 8 nitrogen and oxygen atoms in total. The molecule has 0 aliphatic rings. The van der Waals surface area contributed by atoms with Crippen molar-refractivity contribution in [1.82, 2.24) is 0 Å². The number of hydrogen-bond acceptors (Lipinski definition) is 7. The maximum absolute atomic E-state index is 12.5. The van der Waals surface area contributed by atoms with E-state index < -0.39 is 16.5 Å². The summed E-state index contributed by atoms with van der Waals surface area (Å²) in [5, 5.41) is 16.4. The van der Waals surface area contributed by atoms with Crippen LogP contribution in [0.5, 0.6) is 0 Å². The summed E-state index contributed by atoms with van der Waals surface area (Å²) in [6.45, 7) is -0.184. The number of esters is 1. The molecule has 4 aromatic rings. The standard InChI is InChI=1S/C22H16N2O6/c1-23-17-8-6-14(10-18(17)24(27)28)22(26)29-12-15-11-20(25)30-19-9-7-13-4-2-3-5-16(13)21(15)19/h2-11,23H,12H2,1H3. The minimum Gasteiger partial charge on any atom is -0.457 e. The van der Waals surface area contributed by atoms with E-state index in [-0.39, 0.29) is 23.5 Å². The average Bonchev–Trinajstić information content (AvgIpc) is 2.76. The summed E-state index contributed by atoms with van der Waals surface area (Å²) in [7, 11) is 1.55. The van der Waals surface area contributed by atoms with Crippen molar-refractivity contribution in [2.45, 2.75) is 6.61 Å². The molecule has 30 heavy (non-hydrogen) atoms. The van der Waals surface area contributed by atoms with Gasteiger partial charge in [0.2, 0.25) is 0 Å². The molecule has 0 atom stereocenters. The van der Waals surface area contributed by atoms with Crippen molar-refractivity contribution in [3.63, 3.8) is 0 Å². The summed E-state index contributed by atoms with van der Waals surface area (Å²) in [4.78, 5) is 35.1. The van der Waals surface area contributed by atoms with Crippen molar-refractivity contribution in [1.29, 1.82) is 0 Å².